The SMILES string of the molecule is C#CCNC(=O)CSc1nncn1-c1ccccc1OC. The van der Waals surface area contributed by atoms with Gasteiger partial charge in [-0.2, -0.15) is 0 Å². The van der Waals surface area contributed by atoms with Crippen LogP contribution in [0.3, 0.4) is 0 Å². The van der Waals surface area contributed by atoms with Gasteiger partial charge in [-0.1, -0.05) is 29.8 Å². The fourth-order valence-corrected chi connectivity index (χ4v) is 2.40. The third-order valence-electron chi connectivity index (χ3n) is 2.58. The van der Waals surface area contributed by atoms with Gasteiger partial charge >= 0.3 is 0 Å². The minimum absolute atomic E-state index is 0.146. The highest BCUT2D eigenvalue weighted by Gasteiger charge is 2.12. The number of ether oxygens (including phenoxy) is 1. The molecule has 1 N–H and O–H groups in total. The molecule has 0 spiro atoms. The number of amides is 1. The molecule has 1 amide bonds. The maximum atomic E-state index is 11.6. The second-order valence-corrected chi connectivity index (χ2v) is 4.87. The summed E-state index contributed by atoms with van der Waals surface area (Å²) in [7, 11) is 1.60. The predicted molar refractivity (Wildman–Crippen MR) is 80.5 cm³/mol. The molecule has 0 radical (unpaired) electrons. The summed E-state index contributed by atoms with van der Waals surface area (Å²) in [6, 6.07) is 7.52. The third kappa shape index (κ3) is 3.77. The Bertz CT molecular complexity index is 663. The standard InChI is InChI=1S/C14H14N4O2S/c1-3-8-15-13(19)9-21-14-17-16-10-18(14)11-6-4-5-7-12(11)20-2/h1,4-7,10H,8-9H2,2H3,(H,15,19). The first-order valence-corrected chi connectivity index (χ1v) is 7.11. The zero-order valence-corrected chi connectivity index (χ0v) is 12.3. The molecule has 2 aromatic rings. The van der Waals surface area contributed by atoms with Crippen LogP contribution in [-0.4, -0.2) is 40.1 Å². The number of nitrogens with zero attached hydrogens (tertiary/aromatic N) is 3. The Balaban J connectivity index is 2.12. The van der Waals surface area contributed by atoms with Crippen molar-refractivity contribution >= 4 is 17.7 Å². The Labute approximate surface area is 126 Å². The van der Waals surface area contributed by atoms with Gasteiger partial charge in [0.05, 0.1) is 25.1 Å². The predicted octanol–water partition coefficient (Wildman–Crippen LogP) is 1.12. The van der Waals surface area contributed by atoms with Crippen molar-refractivity contribution in [1.82, 2.24) is 20.1 Å². The summed E-state index contributed by atoms with van der Waals surface area (Å²) < 4.78 is 7.09. The van der Waals surface area contributed by atoms with Crippen molar-refractivity contribution in [2.24, 2.45) is 0 Å². The Morgan fingerprint density at radius 2 is 2.33 bits per heavy atom. The van der Waals surface area contributed by atoms with Crippen LogP contribution in [-0.2, 0) is 4.79 Å². The monoisotopic (exact) mass is 302 g/mol. The van der Waals surface area contributed by atoms with Crippen molar-refractivity contribution in [2.75, 3.05) is 19.4 Å². The van der Waals surface area contributed by atoms with Crippen molar-refractivity contribution in [3.05, 3.63) is 30.6 Å². The van der Waals surface area contributed by atoms with Gasteiger partial charge < -0.3 is 10.1 Å². The number of methoxy groups -OCH3 is 1. The van der Waals surface area contributed by atoms with Gasteiger partial charge in [-0.05, 0) is 12.1 Å². The lowest BCUT2D eigenvalue weighted by molar-refractivity contribution is -0.118. The van der Waals surface area contributed by atoms with Gasteiger partial charge in [0, 0.05) is 0 Å². The lowest BCUT2D eigenvalue weighted by atomic mass is 10.3. The van der Waals surface area contributed by atoms with E-state index < -0.39 is 0 Å². The van der Waals surface area contributed by atoms with Crippen LogP contribution in [0.5, 0.6) is 5.75 Å². The summed E-state index contributed by atoms with van der Waals surface area (Å²) in [4.78, 5) is 11.6. The minimum atomic E-state index is -0.146. The Morgan fingerprint density at radius 3 is 3.10 bits per heavy atom. The van der Waals surface area contributed by atoms with E-state index in [1.807, 2.05) is 24.3 Å². The molecule has 0 aliphatic heterocycles. The molecule has 7 heteroatoms. The van der Waals surface area contributed by atoms with E-state index in [-0.39, 0.29) is 18.2 Å². The summed E-state index contributed by atoms with van der Waals surface area (Å²) >= 11 is 1.28. The second-order valence-electron chi connectivity index (χ2n) is 3.92. The molecule has 6 nitrogen and oxygen atoms in total. The topological polar surface area (TPSA) is 69.0 Å². The summed E-state index contributed by atoms with van der Waals surface area (Å²) in [5, 5.41) is 11.1. The number of rotatable bonds is 6. The number of terminal acetylenes is 1. The first-order valence-electron chi connectivity index (χ1n) is 6.12. The van der Waals surface area contributed by atoms with E-state index in [0.29, 0.717) is 10.9 Å². The average molecular weight is 302 g/mol. The van der Waals surface area contributed by atoms with Crippen molar-refractivity contribution < 1.29 is 9.53 Å². The third-order valence-corrected chi connectivity index (χ3v) is 3.52. The smallest absolute Gasteiger partial charge is 0.231 e. The molecule has 21 heavy (non-hydrogen) atoms. The van der Waals surface area contributed by atoms with E-state index >= 15 is 0 Å². The fraction of sp³-hybridized carbons (Fsp3) is 0.214. The number of thioether (sulfide) groups is 1. The molecule has 0 aliphatic carbocycles. The maximum Gasteiger partial charge on any atom is 0.231 e. The normalized spacial score (nSPS) is 9.90. The molecule has 2 rings (SSSR count). The van der Waals surface area contributed by atoms with Crippen LogP contribution in [0, 0.1) is 12.3 Å². The van der Waals surface area contributed by atoms with Crippen LogP contribution in [0.4, 0.5) is 0 Å². The van der Waals surface area contributed by atoms with Crippen LogP contribution in [0.15, 0.2) is 35.7 Å². The molecule has 0 fully saturated rings. The highest BCUT2D eigenvalue weighted by atomic mass is 32.2. The van der Waals surface area contributed by atoms with E-state index in [2.05, 4.69) is 21.4 Å². The van der Waals surface area contributed by atoms with Crippen LogP contribution in [0.2, 0.25) is 0 Å². The largest absolute Gasteiger partial charge is 0.495 e. The van der Waals surface area contributed by atoms with Crippen LogP contribution in [0.1, 0.15) is 0 Å². The van der Waals surface area contributed by atoms with Crippen LogP contribution in [0.25, 0.3) is 5.69 Å². The Hall–Kier alpha value is -2.46. The zero-order valence-electron chi connectivity index (χ0n) is 11.4. The Kier molecular flexibility index (Phi) is 5.23. The van der Waals surface area contributed by atoms with Gasteiger partial charge in [-0.3, -0.25) is 9.36 Å². The number of hydrogen-bond donors (Lipinski definition) is 1. The van der Waals surface area contributed by atoms with Crippen LogP contribution < -0.4 is 10.1 Å². The minimum Gasteiger partial charge on any atom is -0.495 e. The van der Waals surface area contributed by atoms with E-state index in [1.54, 1.807) is 18.0 Å². The second kappa shape index (κ2) is 7.36. The van der Waals surface area contributed by atoms with Gasteiger partial charge in [-0.25, -0.2) is 0 Å². The lowest BCUT2D eigenvalue weighted by Gasteiger charge is -2.10. The summed E-state index contributed by atoms with van der Waals surface area (Å²) in [5.41, 5.74) is 0.816. The number of benzene rings is 1. The lowest BCUT2D eigenvalue weighted by Crippen LogP contribution is -2.25. The number of carbonyl (C=O) groups is 1. The number of nitrogens with one attached hydrogen (secondary N) is 1. The van der Waals surface area contributed by atoms with E-state index in [4.69, 9.17) is 11.2 Å². The quantitative estimate of drug-likeness (QED) is 0.639. The van der Waals surface area contributed by atoms with E-state index in [1.165, 1.54) is 11.8 Å². The molecule has 1 heterocycles. The maximum absolute atomic E-state index is 11.6. The molecule has 0 bridgehead atoms. The summed E-state index contributed by atoms with van der Waals surface area (Å²) in [6.45, 7) is 0.221. The highest BCUT2D eigenvalue weighted by Crippen LogP contribution is 2.26. The Morgan fingerprint density at radius 1 is 1.52 bits per heavy atom. The molecule has 0 saturated carbocycles. The van der Waals surface area contributed by atoms with Gasteiger partial charge in [0.1, 0.15) is 12.1 Å². The molecule has 0 saturated heterocycles. The van der Waals surface area contributed by atoms with Gasteiger partial charge in [0.15, 0.2) is 5.16 Å². The van der Waals surface area contributed by atoms with Crippen molar-refractivity contribution in [1.29, 1.82) is 0 Å². The number of aromatic nitrogens is 3. The molecule has 108 valence electrons. The van der Waals surface area contributed by atoms with Crippen LogP contribution >= 0.6 is 11.8 Å². The molecule has 0 unspecified atom stereocenters. The molecule has 0 atom stereocenters. The van der Waals surface area contributed by atoms with Gasteiger partial charge in [-0.15, -0.1) is 16.6 Å². The first kappa shape index (κ1) is 14.9. The average Bonchev–Trinajstić information content (AvgIpc) is 2.99. The van der Waals surface area contributed by atoms with Crippen molar-refractivity contribution in [3.8, 4) is 23.8 Å². The number of hydrogen-bond acceptors (Lipinski definition) is 5. The summed E-state index contributed by atoms with van der Waals surface area (Å²) in [6.07, 6.45) is 6.67. The van der Waals surface area contributed by atoms with Gasteiger partial charge in [0.25, 0.3) is 0 Å². The fourth-order valence-electron chi connectivity index (χ4n) is 1.65. The molecule has 0 aliphatic rings. The molecule has 1 aromatic carbocycles. The highest BCUT2D eigenvalue weighted by molar-refractivity contribution is 7.99. The molecule has 1 aromatic heterocycles. The number of para-hydroxylation sites is 2. The van der Waals surface area contributed by atoms with Gasteiger partial charge in [0.2, 0.25) is 5.91 Å². The molecular weight excluding hydrogens is 288 g/mol. The summed E-state index contributed by atoms with van der Waals surface area (Å²) in [5.74, 6) is 3.13. The van der Waals surface area contributed by atoms with E-state index in [9.17, 15) is 4.79 Å². The van der Waals surface area contributed by atoms with Crippen molar-refractivity contribution in [2.45, 2.75) is 5.16 Å². The van der Waals surface area contributed by atoms with Crippen molar-refractivity contribution in [3.63, 3.8) is 0 Å². The molecular formula is C14H14N4O2S. The zero-order chi connectivity index (χ0) is 15.1. The number of carbonyl (C=O) groups excluding carboxylic acids is 1. The van der Waals surface area contributed by atoms with E-state index in [0.717, 1.165) is 5.69 Å². The first-order chi connectivity index (χ1) is 10.3.